The van der Waals surface area contributed by atoms with Gasteiger partial charge in [0.25, 0.3) is 11.8 Å². The standard InChI is InChI=1S/C22H21F3N6O3/c1-11-3-4-17(19-29-12(2)30-34-19)18(28-11)20(32)31-9-14-5-13(14)6-16(31)10-33-21-26-7-15(8-27-21)22(23,24)25/h3-4,7-8,13-14,16H,5-6,9-10H2,1-2H3/t13-,14+,16+/m1/s1. The van der Waals surface area contributed by atoms with Crippen LogP contribution in [-0.2, 0) is 6.18 Å². The van der Waals surface area contributed by atoms with Crippen LogP contribution in [0.2, 0.25) is 0 Å². The molecule has 1 saturated heterocycles. The van der Waals surface area contributed by atoms with Gasteiger partial charge in [-0.05, 0) is 50.7 Å². The van der Waals surface area contributed by atoms with Crippen LogP contribution in [0.15, 0.2) is 29.0 Å². The quantitative estimate of drug-likeness (QED) is 0.553. The zero-order valence-electron chi connectivity index (χ0n) is 18.4. The number of likely N-dealkylation sites (tertiary alicyclic amines) is 1. The summed E-state index contributed by atoms with van der Waals surface area (Å²) in [5.74, 6) is 1.27. The summed E-state index contributed by atoms with van der Waals surface area (Å²) in [4.78, 5) is 31.4. The molecule has 2 aliphatic rings. The maximum Gasteiger partial charge on any atom is 0.419 e. The van der Waals surface area contributed by atoms with Gasteiger partial charge in [-0.25, -0.2) is 15.0 Å². The van der Waals surface area contributed by atoms with Gasteiger partial charge in [0, 0.05) is 24.6 Å². The molecule has 12 heteroatoms. The highest BCUT2D eigenvalue weighted by molar-refractivity contribution is 5.98. The summed E-state index contributed by atoms with van der Waals surface area (Å²) in [7, 11) is 0. The molecular weight excluding hydrogens is 453 g/mol. The lowest BCUT2D eigenvalue weighted by Gasteiger charge is -2.35. The fraction of sp³-hybridized carbons (Fsp3) is 0.455. The molecule has 0 radical (unpaired) electrons. The van der Waals surface area contributed by atoms with E-state index in [9.17, 15) is 18.0 Å². The highest BCUT2D eigenvalue weighted by Crippen LogP contribution is 2.47. The topological polar surface area (TPSA) is 107 Å². The minimum absolute atomic E-state index is 0.0567. The van der Waals surface area contributed by atoms with Gasteiger partial charge >= 0.3 is 12.2 Å². The van der Waals surface area contributed by atoms with Gasteiger partial charge in [-0.1, -0.05) is 5.16 Å². The van der Waals surface area contributed by atoms with Crippen molar-refractivity contribution < 1.29 is 27.2 Å². The van der Waals surface area contributed by atoms with Crippen LogP contribution in [-0.4, -0.2) is 55.1 Å². The van der Waals surface area contributed by atoms with E-state index in [0.717, 1.165) is 12.8 Å². The van der Waals surface area contributed by atoms with E-state index >= 15 is 0 Å². The average molecular weight is 474 g/mol. The Labute approximate surface area is 192 Å². The van der Waals surface area contributed by atoms with E-state index in [-0.39, 0.29) is 36.2 Å². The predicted molar refractivity (Wildman–Crippen MR) is 111 cm³/mol. The van der Waals surface area contributed by atoms with Crippen LogP contribution in [0.1, 0.15) is 40.4 Å². The van der Waals surface area contributed by atoms with Crippen molar-refractivity contribution >= 4 is 5.91 Å². The fourth-order valence-corrected chi connectivity index (χ4v) is 4.25. The van der Waals surface area contributed by atoms with Crippen molar-refractivity contribution in [2.24, 2.45) is 11.8 Å². The molecule has 0 bridgehead atoms. The maximum atomic E-state index is 13.7. The third-order valence-electron chi connectivity index (χ3n) is 6.13. The van der Waals surface area contributed by atoms with E-state index in [1.54, 1.807) is 30.9 Å². The van der Waals surface area contributed by atoms with Gasteiger partial charge in [-0.2, -0.15) is 18.2 Å². The largest absolute Gasteiger partial charge is 0.461 e. The number of piperidine rings is 1. The van der Waals surface area contributed by atoms with Gasteiger partial charge in [0.05, 0.1) is 17.2 Å². The lowest BCUT2D eigenvalue weighted by molar-refractivity contribution is -0.138. The molecule has 1 aliphatic heterocycles. The Balaban J connectivity index is 1.37. The minimum Gasteiger partial charge on any atom is -0.461 e. The minimum atomic E-state index is -4.53. The fourth-order valence-electron chi connectivity index (χ4n) is 4.25. The molecule has 178 valence electrons. The van der Waals surface area contributed by atoms with Crippen molar-refractivity contribution in [3.05, 3.63) is 47.3 Å². The van der Waals surface area contributed by atoms with Crippen LogP contribution >= 0.6 is 0 Å². The van der Waals surface area contributed by atoms with Gasteiger partial charge in [0.1, 0.15) is 12.3 Å². The zero-order valence-corrected chi connectivity index (χ0v) is 18.4. The zero-order chi connectivity index (χ0) is 24.0. The summed E-state index contributed by atoms with van der Waals surface area (Å²) >= 11 is 0. The molecule has 3 atom stereocenters. The number of alkyl halides is 3. The number of carbonyl (C=O) groups is 1. The van der Waals surface area contributed by atoms with E-state index in [2.05, 4.69) is 25.1 Å². The first kappa shape index (κ1) is 22.2. The van der Waals surface area contributed by atoms with Gasteiger partial charge in [-0.3, -0.25) is 4.79 Å². The first-order chi connectivity index (χ1) is 16.2. The highest BCUT2D eigenvalue weighted by atomic mass is 19.4. The Kier molecular flexibility index (Phi) is 5.45. The summed E-state index contributed by atoms with van der Waals surface area (Å²) in [6, 6.07) is 3.02. The number of halogens is 3. The van der Waals surface area contributed by atoms with Crippen molar-refractivity contribution in [2.75, 3.05) is 13.2 Å². The predicted octanol–water partition coefficient (Wildman–Crippen LogP) is 3.49. The van der Waals surface area contributed by atoms with Crippen LogP contribution in [0.25, 0.3) is 11.5 Å². The molecule has 9 nitrogen and oxygen atoms in total. The molecule has 34 heavy (non-hydrogen) atoms. The molecule has 2 fully saturated rings. The molecule has 1 aliphatic carbocycles. The Morgan fingerprint density at radius 1 is 1.15 bits per heavy atom. The third kappa shape index (κ3) is 4.44. The van der Waals surface area contributed by atoms with Gasteiger partial charge in [0.2, 0.25) is 0 Å². The molecule has 0 spiro atoms. The van der Waals surface area contributed by atoms with Crippen LogP contribution < -0.4 is 4.74 Å². The van der Waals surface area contributed by atoms with Gasteiger partial charge in [-0.15, -0.1) is 0 Å². The summed E-state index contributed by atoms with van der Waals surface area (Å²) in [5, 5.41) is 3.80. The first-order valence-corrected chi connectivity index (χ1v) is 10.8. The Morgan fingerprint density at radius 3 is 2.59 bits per heavy atom. The number of rotatable bonds is 5. The average Bonchev–Trinajstić information content (AvgIpc) is 3.44. The second-order valence-electron chi connectivity index (χ2n) is 8.66. The second kappa shape index (κ2) is 8.33. The number of hydrogen-bond acceptors (Lipinski definition) is 8. The van der Waals surface area contributed by atoms with E-state index in [0.29, 0.717) is 47.9 Å². The van der Waals surface area contributed by atoms with Crippen molar-refractivity contribution in [3.8, 4) is 17.5 Å². The lowest BCUT2D eigenvalue weighted by atomic mass is 10.0. The van der Waals surface area contributed by atoms with Crippen molar-refractivity contribution in [1.29, 1.82) is 0 Å². The van der Waals surface area contributed by atoms with Crippen LogP contribution in [0.5, 0.6) is 6.01 Å². The number of nitrogens with zero attached hydrogens (tertiary/aromatic N) is 6. The Morgan fingerprint density at radius 2 is 1.91 bits per heavy atom. The van der Waals surface area contributed by atoms with E-state index in [4.69, 9.17) is 9.26 Å². The van der Waals surface area contributed by atoms with E-state index in [1.807, 2.05) is 0 Å². The number of aryl methyl sites for hydroxylation is 2. The number of aromatic nitrogens is 5. The molecule has 1 saturated carbocycles. The summed E-state index contributed by atoms with van der Waals surface area (Å²) in [6.45, 7) is 4.07. The van der Waals surface area contributed by atoms with Gasteiger partial charge < -0.3 is 14.2 Å². The molecular formula is C22H21F3N6O3. The second-order valence-corrected chi connectivity index (χ2v) is 8.66. The summed E-state index contributed by atoms with van der Waals surface area (Å²) in [6.07, 6.45) is -1.43. The normalized spacial score (nSPS) is 21.8. The summed E-state index contributed by atoms with van der Waals surface area (Å²) < 4.78 is 49.1. The molecule has 0 unspecified atom stereocenters. The number of amides is 1. The Bertz CT molecular complexity index is 1210. The SMILES string of the molecule is Cc1ccc(-c2nc(C)no2)c(C(=O)N2C[C@@H]3C[C@@H]3C[C@H]2COc2ncc(C(F)(F)F)cn2)n1. The lowest BCUT2D eigenvalue weighted by Crippen LogP contribution is -2.48. The van der Waals surface area contributed by atoms with Crippen molar-refractivity contribution in [2.45, 2.75) is 38.9 Å². The molecule has 0 N–H and O–H groups in total. The van der Waals surface area contributed by atoms with Crippen LogP contribution in [0.4, 0.5) is 13.2 Å². The monoisotopic (exact) mass is 474 g/mol. The van der Waals surface area contributed by atoms with Crippen molar-refractivity contribution in [3.63, 3.8) is 0 Å². The summed E-state index contributed by atoms with van der Waals surface area (Å²) in [5.41, 5.74) is 0.360. The maximum absolute atomic E-state index is 13.7. The van der Waals surface area contributed by atoms with Crippen LogP contribution in [0, 0.1) is 25.7 Å². The molecule has 0 aromatic carbocycles. The molecule has 3 aromatic heterocycles. The molecule has 3 aromatic rings. The van der Waals surface area contributed by atoms with Crippen molar-refractivity contribution in [1.82, 2.24) is 30.0 Å². The number of fused-ring (bicyclic) bond motifs is 1. The third-order valence-corrected chi connectivity index (χ3v) is 6.13. The molecule has 5 rings (SSSR count). The molecule has 4 heterocycles. The van der Waals surface area contributed by atoms with Gasteiger partial charge in [0.15, 0.2) is 5.82 Å². The first-order valence-electron chi connectivity index (χ1n) is 10.8. The Hall–Kier alpha value is -3.57. The number of carbonyl (C=O) groups excluding carboxylic acids is 1. The van der Waals surface area contributed by atoms with Crippen LogP contribution in [0.3, 0.4) is 0 Å². The molecule has 1 amide bonds. The van der Waals surface area contributed by atoms with E-state index < -0.39 is 11.7 Å². The number of pyridine rings is 1. The highest BCUT2D eigenvalue weighted by Gasteiger charge is 2.48. The smallest absolute Gasteiger partial charge is 0.419 e. The number of ether oxygens (including phenoxy) is 1. The number of hydrogen-bond donors (Lipinski definition) is 0. The van der Waals surface area contributed by atoms with E-state index in [1.165, 1.54) is 0 Å².